The third kappa shape index (κ3) is 2.39. The molecule has 3 heterocycles. The molecule has 0 radical (unpaired) electrons. The summed E-state index contributed by atoms with van der Waals surface area (Å²) < 4.78 is 41.3. The number of halogens is 3. The van der Waals surface area contributed by atoms with Crippen molar-refractivity contribution in [2.45, 2.75) is 31.4 Å². The average Bonchev–Trinajstić information content (AvgIpc) is 3.19. The van der Waals surface area contributed by atoms with E-state index in [0.717, 1.165) is 54.3 Å². The fourth-order valence-electron chi connectivity index (χ4n) is 3.64. The van der Waals surface area contributed by atoms with Gasteiger partial charge in [0.2, 0.25) is 0 Å². The molecule has 0 amide bonds. The van der Waals surface area contributed by atoms with E-state index >= 15 is 0 Å². The maximum absolute atomic E-state index is 13.1. The number of nitrogens with one attached hydrogen (secondary N) is 1. The Morgan fingerprint density at radius 3 is 2.68 bits per heavy atom. The molecule has 2 aromatic heterocycles. The first-order chi connectivity index (χ1) is 12.0. The van der Waals surface area contributed by atoms with Gasteiger partial charge in [-0.05, 0) is 67.1 Å². The highest BCUT2D eigenvalue weighted by Crippen LogP contribution is 2.44. The van der Waals surface area contributed by atoms with E-state index in [-0.39, 0.29) is 0 Å². The lowest BCUT2D eigenvalue weighted by atomic mass is 10.1. The zero-order valence-corrected chi connectivity index (χ0v) is 13.4. The molecule has 1 saturated carbocycles. The van der Waals surface area contributed by atoms with E-state index in [1.54, 1.807) is 0 Å². The molecule has 25 heavy (non-hydrogen) atoms. The highest BCUT2D eigenvalue weighted by Gasteiger charge is 2.34. The van der Waals surface area contributed by atoms with E-state index in [0.29, 0.717) is 11.6 Å². The van der Waals surface area contributed by atoms with Crippen LogP contribution in [-0.4, -0.2) is 16.1 Å². The number of hydrogen-bond acceptors (Lipinski definition) is 2. The lowest BCUT2D eigenvalue weighted by molar-refractivity contribution is -0.141. The lowest BCUT2D eigenvalue weighted by Gasteiger charge is -2.12. The van der Waals surface area contributed by atoms with Crippen LogP contribution in [0.3, 0.4) is 0 Å². The number of rotatable bonds is 2. The third-order valence-electron chi connectivity index (χ3n) is 5.02. The Labute approximate surface area is 142 Å². The molecule has 1 aromatic carbocycles. The molecule has 1 N–H and O–H groups in total. The molecule has 0 bridgehead atoms. The zero-order valence-electron chi connectivity index (χ0n) is 13.4. The fourth-order valence-corrected chi connectivity index (χ4v) is 3.64. The van der Waals surface area contributed by atoms with Gasteiger partial charge in [-0.25, -0.2) is 4.98 Å². The van der Waals surface area contributed by atoms with Gasteiger partial charge in [0.25, 0.3) is 0 Å². The minimum absolute atomic E-state index is 0.391. The largest absolute Gasteiger partial charge is 0.433 e. The van der Waals surface area contributed by atoms with Crippen LogP contribution < -0.4 is 5.32 Å². The Bertz CT molecular complexity index is 983. The Morgan fingerprint density at radius 2 is 1.92 bits per heavy atom. The molecule has 3 aromatic rings. The van der Waals surface area contributed by atoms with Gasteiger partial charge >= 0.3 is 6.18 Å². The fraction of sp³-hybridized carbons (Fsp3) is 0.316. The van der Waals surface area contributed by atoms with Crippen LogP contribution in [0.25, 0.3) is 16.7 Å². The molecule has 0 saturated heterocycles. The van der Waals surface area contributed by atoms with Crippen molar-refractivity contribution in [1.29, 1.82) is 0 Å². The van der Waals surface area contributed by atoms with Gasteiger partial charge in [0.1, 0.15) is 11.3 Å². The minimum atomic E-state index is -4.44. The summed E-state index contributed by atoms with van der Waals surface area (Å²) in [5.41, 5.74) is 3.82. The highest BCUT2D eigenvalue weighted by atomic mass is 19.4. The first kappa shape index (κ1) is 14.8. The number of anilines is 1. The monoisotopic (exact) mass is 343 g/mol. The summed E-state index contributed by atoms with van der Waals surface area (Å²) in [6.07, 6.45) is -1.35. The van der Waals surface area contributed by atoms with Crippen molar-refractivity contribution >= 4 is 16.7 Å². The predicted octanol–water partition coefficient (Wildman–Crippen LogP) is 4.89. The summed E-state index contributed by atoms with van der Waals surface area (Å²) >= 11 is 0. The van der Waals surface area contributed by atoms with Crippen LogP contribution in [-0.2, 0) is 12.6 Å². The van der Waals surface area contributed by atoms with E-state index in [4.69, 9.17) is 0 Å². The summed E-state index contributed by atoms with van der Waals surface area (Å²) in [6, 6.07) is 10.6. The van der Waals surface area contributed by atoms with Crippen LogP contribution in [0.1, 0.15) is 35.7 Å². The van der Waals surface area contributed by atoms with Gasteiger partial charge < -0.3 is 5.32 Å². The molecule has 3 nitrogen and oxygen atoms in total. The van der Waals surface area contributed by atoms with Crippen LogP contribution in [0.15, 0.2) is 36.4 Å². The molecule has 0 unspecified atom stereocenters. The third-order valence-corrected chi connectivity index (χ3v) is 5.02. The normalized spacial score (nSPS) is 16.9. The number of pyridine rings is 1. The van der Waals surface area contributed by atoms with Crippen molar-refractivity contribution in [3.63, 3.8) is 0 Å². The molecule has 0 atom stereocenters. The van der Waals surface area contributed by atoms with E-state index in [1.807, 2.05) is 22.8 Å². The van der Waals surface area contributed by atoms with Crippen molar-refractivity contribution in [2.75, 3.05) is 11.9 Å². The number of aromatic nitrogens is 2. The number of alkyl halides is 3. The van der Waals surface area contributed by atoms with Crippen molar-refractivity contribution in [2.24, 2.45) is 0 Å². The topological polar surface area (TPSA) is 29.9 Å². The van der Waals surface area contributed by atoms with Gasteiger partial charge in [-0.15, -0.1) is 0 Å². The summed E-state index contributed by atoms with van der Waals surface area (Å²) in [6.45, 7) is 0.900. The van der Waals surface area contributed by atoms with Crippen LogP contribution in [0, 0.1) is 0 Å². The summed E-state index contributed by atoms with van der Waals surface area (Å²) in [4.78, 5) is 3.97. The number of benzene rings is 1. The number of fused-ring (bicyclic) bond motifs is 2. The Balaban J connectivity index is 1.75. The summed E-state index contributed by atoms with van der Waals surface area (Å²) in [5.74, 6) is 0.412. The summed E-state index contributed by atoms with van der Waals surface area (Å²) in [7, 11) is 0. The molecule has 1 aliphatic carbocycles. The number of hydrogen-bond donors (Lipinski definition) is 1. The van der Waals surface area contributed by atoms with E-state index in [9.17, 15) is 13.2 Å². The minimum Gasteiger partial charge on any atom is -0.384 e. The second-order valence-corrected chi connectivity index (χ2v) is 6.80. The predicted molar refractivity (Wildman–Crippen MR) is 90.2 cm³/mol. The van der Waals surface area contributed by atoms with Crippen molar-refractivity contribution < 1.29 is 13.2 Å². The van der Waals surface area contributed by atoms with E-state index in [2.05, 4.69) is 16.4 Å². The second kappa shape index (κ2) is 5.00. The van der Waals surface area contributed by atoms with Gasteiger partial charge in [0.05, 0.1) is 0 Å². The SMILES string of the molecule is FC(F)(F)c1ccc2cc(C3CC3)n(-c3ccc4c(c3)CCN4)c2n1. The molecule has 0 spiro atoms. The van der Waals surface area contributed by atoms with Gasteiger partial charge in [-0.3, -0.25) is 4.57 Å². The first-order valence-corrected chi connectivity index (χ1v) is 8.47. The van der Waals surface area contributed by atoms with Crippen LogP contribution in [0.2, 0.25) is 0 Å². The van der Waals surface area contributed by atoms with Crippen molar-refractivity contribution in [1.82, 2.24) is 9.55 Å². The van der Waals surface area contributed by atoms with Crippen LogP contribution in [0.4, 0.5) is 18.9 Å². The molecule has 5 rings (SSSR count). The van der Waals surface area contributed by atoms with E-state index in [1.165, 1.54) is 11.6 Å². The summed E-state index contributed by atoms with van der Waals surface area (Å²) in [5, 5.41) is 4.07. The number of nitrogens with zero attached hydrogens (tertiary/aromatic N) is 2. The highest BCUT2D eigenvalue weighted by molar-refractivity contribution is 5.81. The first-order valence-electron chi connectivity index (χ1n) is 8.47. The van der Waals surface area contributed by atoms with Crippen molar-refractivity contribution in [3.05, 3.63) is 53.3 Å². The van der Waals surface area contributed by atoms with Gasteiger partial charge in [-0.2, -0.15) is 13.2 Å². The molecule has 1 aliphatic heterocycles. The Kier molecular flexibility index (Phi) is 2.96. The zero-order chi connectivity index (χ0) is 17.2. The molecular weight excluding hydrogens is 327 g/mol. The maximum Gasteiger partial charge on any atom is 0.433 e. The van der Waals surface area contributed by atoms with Gasteiger partial charge in [-0.1, -0.05) is 0 Å². The average molecular weight is 343 g/mol. The van der Waals surface area contributed by atoms with Crippen molar-refractivity contribution in [3.8, 4) is 5.69 Å². The standard InChI is InChI=1S/C19H16F3N3/c20-19(21,22)17-6-3-13-10-16(11-1-2-11)25(18(13)24-17)14-4-5-15-12(9-14)7-8-23-15/h3-6,9-11,23H,1-2,7-8H2. The van der Waals surface area contributed by atoms with Crippen LogP contribution in [0.5, 0.6) is 0 Å². The second-order valence-electron chi connectivity index (χ2n) is 6.80. The Morgan fingerprint density at radius 1 is 1.08 bits per heavy atom. The maximum atomic E-state index is 13.1. The van der Waals surface area contributed by atoms with E-state index < -0.39 is 11.9 Å². The molecule has 6 heteroatoms. The van der Waals surface area contributed by atoms with Crippen LogP contribution >= 0.6 is 0 Å². The molecular formula is C19H16F3N3. The smallest absolute Gasteiger partial charge is 0.384 e. The lowest BCUT2D eigenvalue weighted by Crippen LogP contribution is -2.09. The van der Waals surface area contributed by atoms with Gasteiger partial charge in [0.15, 0.2) is 0 Å². The Hall–Kier alpha value is -2.50. The molecule has 1 fully saturated rings. The molecule has 2 aliphatic rings. The molecule has 128 valence electrons. The van der Waals surface area contributed by atoms with Gasteiger partial charge in [0, 0.05) is 29.0 Å². The quantitative estimate of drug-likeness (QED) is 0.718.